The van der Waals surface area contributed by atoms with Crippen LogP contribution in [0.1, 0.15) is 162 Å². The highest BCUT2D eigenvalue weighted by atomic mass is 31.2. The molecule has 306 valence electrons. The average molecular weight is 770 g/mol. The van der Waals surface area contributed by atoms with Gasteiger partial charge in [0.2, 0.25) is 0 Å². The van der Waals surface area contributed by atoms with Crippen LogP contribution in [0.2, 0.25) is 0 Å². The lowest BCUT2D eigenvalue weighted by molar-refractivity contribution is -0.161. The minimum absolute atomic E-state index is 0.135. The highest BCUT2D eigenvalue weighted by molar-refractivity contribution is 7.47. The second-order valence-corrected chi connectivity index (χ2v) is 14.9. The highest BCUT2D eigenvalue weighted by Crippen LogP contribution is 2.43. The molecule has 0 aromatic carbocycles. The lowest BCUT2D eigenvalue weighted by Crippen LogP contribution is -2.34. The Morgan fingerprint density at radius 1 is 0.604 bits per heavy atom. The first-order chi connectivity index (χ1) is 25.6. The minimum atomic E-state index is -4.72. The van der Waals surface area contributed by atoms with Crippen LogP contribution in [0, 0.1) is 0 Å². The van der Waals surface area contributed by atoms with Gasteiger partial charge in [0.05, 0.1) is 13.2 Å². The van der Waals surface area contributed by atoms with Crippen LogP contribution in [-0.2, 0) is 37.5 Å². The number of esters is 2. The summed E-state index contributed by atoms with van der Waals surface area (Å²) >= 11 is 0. The summed E-state index contributed by atoms with van der Waals surface area (Å²) in [5, 5.41) is 8.87. The van der Waals surface area contributed by atoms with Gasteiger partial charge < -0.3 is 25.2 Å². The second-order valence-electron chi connectivity index (χ2n) is 13.4. The molecule has 4 N–H and O–H groups in total. The average Bonchev–Trinajstić information content (AvgIpc) is 3.13. The van der Waals surface area contributed by atoms with Gasteiger partial charge in [0.1, 0.15) is 12.6 Å². The summed E-state index contributed by atoms with van der Waals surface area (Å²) in [6, 6.07) is -1.53. The molecule has 0 aliphatic carbocycles. The molecule has 0 saturated carbocycles. The van der Waals surface area contributed by atoms with Gasteiger partial charge in [-0.3, -0.25) is 23.4 Å². The monoisotopic (exact) mass is 769 g/mol. The molecule has 0 saturated heterocycles. The van der Waals surface area contributed by atoms with E-state index in [0.29, 0.717) is 12.8 Å². The molecular formula is C41H72NO10P. The number of allylic oxidation sites excluding steroid dienone is 8. The van der Waals surface area contributed by atoms with Gasteiger partial charge in [-0.05, 0) is 57.8 Å². The summed E-state index contributed by atoms with van der Waals surface area (Å²) < 4.78 is 32.6. The normalized spacial score (nSPS) is 14.3. The molecule has 12 heteroatoms. The lowest BCUT2D eigenvalue weighted by atomic mass is 10.1. The van der Waals surface area contributed by atoms with Crippen LogP contribution in [-0.4, -0.2) is 59.9 Å². The van der Waals surface area contributed by atoms with Crippen molar-refractivity contribution in [3.63, 3.8) is 0 Å². The van der Waals surface area contributed by atoms with Gasteiger partial charge in [-0.1, -0.05) is 140 Å². The van der Waals surface area contributed by atoms with E-state index in [-0.39, 0.29) is 19.4 Å². The number of hydrogen-bond acceptors (Lipinski definition) is 9. The molecule has 0 aromatic rings. The van der Waals surface area contributed by atoms with Crippen LogP contribution in [0.4, 0.5) is 0 Å². The third-order valence-corrected chi connectivity index (χ3v) is 9.32. The van der Waals surface area contributed by atoms with Crippen molar-refractivity contribution in [1.29, 1.82) is 0 Å². The first kappa shape index (κ1) is 50.4. The van der Waals surface area contributed by atoms with Crippen LogP contribution in [0.25, 0.3) is 0 Å². The second kappa shape index (κ2) is 36.4. The zero-order valence-electron chi connectivity index (χ0n) is 32.8. The zero-order valence-corrected chi connectivity index (χ0v) is 33.7. The largest absolute Gasteiger partial charge is 0.480 e. The number of hydrogen-bond donors (Lipinski definition) is 3. The fourth-order valence-electron chi connectivity index (χ4n) is 5.18. The molecule has 53 heavy (non-hydrogen) atoms. The predicted octanol–water partition coefficient (Wildman–Crippen LogP) is 10.2. The number of unbranched alkanes of at least 4 members (excludes halogenated alkanes) is 17. The van der Waals surface area contributed by atoms with Crippen molar-refractivity contribution in [1.82, 2.24) is 0 Å². The molecule has 0 aliphatic rings. The number of rotatable bonds is 37. The van der Waals surface area contributed by atoms with Gasteiger partial charge in [-0.15, -0.1) is 0 Å². The van der Waals surface area contributed by atoms with Crippen LogP contribution in [0.3, 0.4) is 0 Å². The summed E-state index contributed by atoms with van der Waals surface area (Å²) in [4.78, 5) is 45.8. The fourth-order valence-corrected chi connectivity index (χ4v) is 5.95. The number of carboxylic acid groups (broad SMARTS) is 1. The molecule has 0 heterocycles. The minimum Gasteiger partial charge on any atom is -0.480 e. The number of carbonyl (C=O) groups is 3. The first-order valence-electron chi connectivity index (χ1n) is 20.2. The van der Waals surface area contributed by atoms with E-state index in [0.717, 1.165) is 77.0 Å². The number of carbonyl (C=O) groups excluding carboxylic acids is 2. The molecule has 0 fully saturated rings. The number of nitrogens with two attached hydrogens (primary N) is 1. The predicted molar refractivity (Wildman–Crippen MR) is 212 cm³/mol. The van der Waals surface area contributed by atoms with Crippen molar-refractivity contribution in [3.05, 3.63) is 48.6 Å². The van der Waals surface area contributed by atoms with E-state index < -0.39 is 51.1 Å². The number of aliphatic carboxylic acids is 1. The third kappa shape index (κ3) is 36.2. The standard InChI is InChI=1S/C41H72NO10P/c1-3-5-7-9-11-13-15-17-18-19-21-22-24-26-28-30-32-39(43)49-34-37(35-50-53(47,48)51-36-38(42)41(45)46)52-40(44)33-31-29-27-25-23-20-16-14-12-10-8-6-4-2/h6,8,10,12,14,16,18-19,37-38H,3-5,7,9,11,13,15,17,20-36,42H2,1-2H3,(H,45,46)(H,47,48)/b8-6+,12-10+,16-14+,19-18+/t37?,38-/m0/s1. The molecule has 0 radical (unpaired) electrons. The van der Waals surface area contributed by atoms with Gasteiger partial charge >= 0.3 is 25.7 Å². The molecule has 0 aromatic heterocycles. The molecule has 0 amide bonds. The van der Waals surface area contributed by atoms with Crippen molar-refractivity contribution < 1.29 is 47.5 Å². The molecule has 0 bridgehead atoms. The van der Waals surface area contributed by atoms with Crippen LogP contribution < -0.4 is 5.73 Å². The van der Waals surface area contributed by atoms with Gasteiger partial charge in [0, 0.05) is 12.8 Å². The quantitative estimate of drug-likeness (QED) is 0.0180. The number of phosphoric acid groups is 1. The van der Waals surface area contributed by atoms with E-state index in [9.17, 15) is 23.8 Å². The summed E-state index contributed by atoms with van der Waals surface area (Å²) in [6.45, 7) is 2.62. The molecule has 0 aliphatic heterocycles. The summed E-state index contributed by atoms with van der Waals surface area (Å²) in [5.74, 6) is -2.42. The molecular weight excluding hydrogens is 697 g/mol. The van der Waals surface area contributed by atoms with Crippen molar-refractivity contribution in [2.45, 2.75) is 174 Å². The molecule has 0 spiro atoms. The Morgan fingerprint density at radius 2 is 1.08 bits per heavy atom. The molecule has 3 atom stereocenters. The Kier molecular flexibility index (Phi) is 34.7. The Morgan fingerprint density at radius 3 is 1.62 bits per heavy atom. The van der Waals surface area contributed by atoms with E-state index in [1.807, 2.05) is 24.3 Å². The van der Waals surface area contributed by atoms with Crippen molar-refractivity contribution in [2.75, 3.05) is 19.8 Å². The van der Waals surface area contributed by atoms with Crippen LogP contribution >= 0.6 is 7.82 Å². The molecule has 0 rings (SSSR count). The van der Waals surface area contributed by atoms with Gasteiger partial charge in [-0.2, -0.15) is 0 Å². The van der Waals surface area contributed by atoms with Crippen LogP contribution in [0.5, 0.6) is 0 Å². The summed E-state index contributed by atoms with van der Waals surface area (Å²) in [6.07, 6.45) is 38.9. The Hall–Kier alpha value is -2.56. The maximum absolute atomic E-state index is 12.6. The van der Waals surface area contributed by atoms with Gasteiger partial charge in [0.15, 0.2) is 6.10 Å². The number of carboxylic acids is 1. The van der Waals surface area contributed by atoms with E-state index in [1.54, 1.807) is 0 Å². The Bertz CT molecular complexity index is 1090. The summed E-state index contributed by atoms with van der Waals surface area (Å²) in [7, 11) is -4.72. The maximum Gasteiger partial charge on any atom is 0.472 e. The number of phosphoric ester groups is 1. The molecule has 2 unspecified atom stereocenters. The third-order valence-electron chi connectivity index (χ3n) is 8.37. The van der Waals surface area contributed by atoms with Crippen LogP contribution in [0.15, 0.2) is 48.6 Å². The Balaban J connectivity index is 4.44. The summed E-state index contributed by atoms with van der Waals surface area (Å²) in [5.41, 5.74) is 5.32. The maximum atomic E-state index is 12.6. The van der Waals surface area contributed by atoms with E-state index >= 15 is 0 Å². The topological polar surface area (TPSA) is 172 Å². The van der Waals surface area contributed by atoms with E-state index in [4.69, 9.17) is 24.8 Å². The molecule has 11 nitrogen and oxygen atoms in total. The fraction of sp³-hybridized carbons (Fsp3) is 0.732. The van der Waals surface area contributed by atoms with Crippen molar-refractivity contribution in [2.24, 2.45) is 5.73 Å². The SMILES string of the molecule is CC/C=C/C=C/C=C/CCCCCCCC(=O)OC(COC(=O)CCCCCCC/C=C/CCCCCCCCC)COP(=O)(O)OC[C@H](N)C(=O)O. The zero-order chi connectivity index (χ0) is 39.3. The first-order valence-corrected chi connectivity index (χ1v) is 21.7. The van der Waals surface area contributed by atoms with Crippen molar-refractivity contribution >= 4 is 25.7 Å². The van der Waals surface area contributed by atoms with E-state index in [2.05, 4.69) is 42.7 Å². The Labute approximate surface area is 320 Å². The lowest BCUT2D eigenvalue weighted by Gasteiger charge is -2.20. The van der Waals surface area contributed by atoms with Crippen molar-refractivity contribution in [3.8, 4) is 0 Å². The number of ether oxygens (including phenoxy) is 2. The smallest absolute Gasteiger partial charge is 0.472 e. The van der Waals surface area contributed by atoms with Gasteiger partial charge in [0.25, 0.3) is 0 Å². The van der Waals surface area contributed by atoms with Gasteiger partial charge in [-0.25, -0.2) is 4.57 Å². The highest BCUT2D eigenvalue weighted by Gasteiger charge is 2.28. The van der Waals surface area contributed by atoms with E-state index in [1.165, 1.54) is 44.9 Å².